The fraction of sp³-hybridized carbons (Fsp3) is 0.417. The van der Waals surface area contributed by atoms with Crippen LogP contribution in [0.1, 0.15) is 5.56 Å². The molecule has 100 valence electrons. The number of nitrogens with zero attached hydrogens (tertiary/aromatic N) is 2. The number of halogens is 3. The number of alkyl halides is 3. The first-order chi connectivity index (χ1) is 8.32. The smallest absolute Gasteiger partial charge is 0.433 e. The van der Waals surface area contributed by atoms with Gasteiger partial charge in [0.1, 0.15) is 11.5 Å². The second-order valence-corrected chi connectivity index (χ2v) is 4.05. The van der Waals surface area contributed by atoms with Gasteiger partial charge in [-0.05, 0) is 26.2 Å². The molecule has 18 heavy (non-hydrogen) atoms. The van der Waals surface area contributed by atoms with Crippen molar-refractivity contribution in [2.45, 2.75) is 6.18 Å². The molecular formula is C12H15F3N2O. The Labute approximate surface area is 104 Å². The zero-order valence-corrected chi connectivity index (χ0v) is 10.2. The predicted molar refractivity (Wildman–Crippen MR) is 64.1 cm³/mol. The molecule has 0 heterocycles. The molecule has 0 unspecified atom stereocenters. The van der Waals surface area contributed by atoms with E-state index in [1.165, 1.54) is 24.3 Å². The number of aromatic hydroxyl groups is 1. The first-order valence-corrected chi connectivity index (χ1v) is 5.37. The van der Waals surface area contributed by atoms with Crippen LogP contribution < -0.4 is 0 Å². The molecule has 0 atom stereocenters. The summed E-state index contributed by atoms with van der Waals surface area (Å²) >= 11 is 0. The normalized spacial score (nSPS) is 13.1. The van der Waals surface area contributed by atoms with E-state index in [1.54, 1.807) is 19.0 Å². The number of benzene rings is 1. The Balaban J connectivity index is 3.04. The van der Waals surface area contributed by atoms with Crippen molar-refractivity contribution in [1.29, 1.82) is 0 Å². The van der Waals surface area contributed by atoms with Gasteiger partial charge in [-0.3, -0.25) is 4.99 Å². The zero-order chi connectivity index (χ0) is 13.8. The molecule has 0 aliphatic carbocycles. The van der Waals surface area contributed by atoms with E-state index in [-0.39, 0.29) is 12.1 Å². The van der Waals surface area contributed by atoms with Crippen LogP contribution in [-0.4, -0.2) is 49.1 Å². The summed E-state index contributed by atoms with van der Waals surface area (Å²) in [5.41, 5.74) is -1.33. The Morgan fingerprint density at radius 1 is 1.28 bits per heavy atom. The van der Waals surface area contributed by atoms with Gasteiger partial charge in [0.15, 0.2) is 0 Å². The molecule has 0 amide bonds. The van der Waals surface area contributed by atoms with Crippen molar-refractivity contribution < 1.29 is 18.3 Å². The lowest BCUT2D eigenvalue weighted by Crippen LogP contribution is -2.26. The number of phenolic OH excluding ortho intramolecular Hbond substituents is 1. The summed E-state index contributed by atoms with van der Waals surface area (Å²) in [6.45, 7) is 0.434. The van der Waals surface area contributed by atoms with Crippen molar-refractivity contribution in [2.75, 3.05) is 27.2 Å². The van der Waals surface area contributed by atoms with Gasteiger partial charge in [0, 0.05) is 12.1 Å². The first kappa shape index (κ1) is 14.5. The average molecular weight is 260 g/mol. The Morgan fingerprint density at radius 3 is 2.39 bits per heavy atom. The van der Waals surface area contributed by atoms with E-state index in [4.69, 9.17) is 0 Å². The lowest BCUT2D eigenvalue weighted by Gasteiger charge is -2.13. The summed E-state index contributed by atoms with van der Waals surface area (Å²) in [6, 6.07) is 5.31. The fourth-order valence-electron chi connectivity index (χ4n) is 1.36. The fourth-order valence-corrected chi connectivity index (χ4v) is 1.36. The zero-order valence-electron chi connectivity index (χ0n) is 10.2. The van der Waals surface area contributed by atoms with E-state index < -0.39 is 17.6 Å². The molecule has 6 heteroatoms. The molecule has 0 radical (unpaired) electrons. The molecule has 0 saturated carbocycles. The van der Waals surface area contributed by atoms with Gasteiger partial charge in [-0.25, -0.2) is 0 Å². The summed E-state index contributed by atoms with van der Waals surface area (Å²) in [7, 11) is 3.51. The summed E-state index contributed by atoms with van der Waals surface area (Å²) in [4.78, 5) is 5.29. The molecule has 0 aliphatic rings. The van der Waals surface area contributed by atoms with Crippen LogP contribution in [0.4, 0.5) is 13.2 Å². The van der Waals surface area contributed by atoms with E-state index in [0.29, 0.717) is 6.54 Å². The number of rotatable bonds is 4. The monoisotopic (exact) mass is 260 g/mol. The summed E-state index contributed by atoms with van der Waals surface area (Å²) in [5, 5.41) is 9.46. The molecule has 1 N–H and O–H groups in total. The number of para-hydroxylation sites is 1. The van der Waals surface area contributed by atoms with Gasteiger partial charge in [0.25, 0.3) is 0 Å². The topological polar surface area (TPSA) is 35.8 Å². The van der Waals surface area contributed by atoms with E-state index in [9.17, 15) is 18.3 Å². The second-order valence-electron chi connectivity index (χ2n) is 4.05. The molecule has 3 nitrogen and oxygen atoms in total. The van der Waals surface area contributed by atoms with Crippen LogP contribution in [0.5, 0.6) is 5.75 Å². The Hall–Kier alpha value is -1.56. The molecule has 1 aromatic rings. The molecule has 0 bridgehead atoms. The Morgan fingerprint density at radius 2 is 1.89 bits per heavy atom. The molecule has 0 aliphatic heterocycles. The molecule has 1 rings (SSSR count). The van der Waals surface area contributed by atoms with Crippen molar-refractivity contribution in [2.24, 2.45) is 4.99 Å². The van der Waals surface area contributed by atoms with Crippen LogP contribution in [0.2, 0.25) is 0 Å². The minimum absolute atomic E-state index is 0.0240. The lowest BCUT2D eigenvalue weighted by atomic mass is 10.1. The largest absolute Gasteiger partial charge is 0.507 e. The number of hydrogen-bond donors (Lipinski definition) is 1. The number of likely N-dealkylation sites (N-methyl/N-ethyl adjacent to an activating group) is 1. The van der Waals surface area contributed by atoms with Crippen LogP contribution in [0.3, 0.4) is 0 Å². The number of aliphatic imine (C=N–C) groups is 1. The first-order valence-electron chi connectivity index (χ1n) is 5.37. The van der Waals surface area contributed by atoms with E-state index in [0.717, 1.165) is 0 Å². The highest BCUT2D eigenvalue weighted by Crippen LogP contribution is 2.27. The molecule has 1 aromatic carbocycles. The Kier molecular flexibility index (Phi) is 4.72. The summed E-state index contributed by atoms with van der Waals surface area (Å²) in [6.07, 6.45) is -4.58. The molecule has 0 fully saturated rings. The maximum atomic E-state index is 12.9. The van der Waals surface area contributed by atoms with Gasteiger partial charge in [0.2, 0.25) is 0 Å². The average Bonchev–Trinajstić information content (AvgIpc) is 2.24. The minimum Gasteiger partial charge on any atom is -0.507 e. The van der Waals surface area contributed by atoms with Gasteiger partial charge in [0.05, 0.1) is 6.54 Å². The van der Waals surface area contributed by atoms with Gasteiger partial charge in [-0.2, -0.15) is 13.2 Å². The molecule has 0 saturated heterocycles. The van der Waals surface area contributed by atoms with Crippen LogP contribution >= 0.6 is 0 Å². The highest BCUT2D eigenvalue weighted by Gasteiger charge is 2.37. The van der Waals surface area contributed by atoms with Crippen molar-refractivity contribution in [1.82, 2.24) is 4.90 Å². The highest BCUT2D eigenvalue weighted by atomic mass is 19.4. The molecular weight excluding hydrogens is 245 g/mol. The quantitative estimate of drug-likeness (QED) is 0.843. The minimum atomic E-state index is -4.58. The molecule has 0 spiro atoms. The van der Waals surface area contributed by atoms with Crippen LogP contribution in [0.15, 0.2) is 29.3 Å². The van der Waals surface area contributed by atoms with Crippen molar-refractivity contribution in [3.05, 3.63) is 29.8 Å². The van der Waals surface area contributed by atoms with E-state index in [2.05, 4.69) is 4.99 Å². The third-order valence-corrected chi connectivity index (χ3v) is 2.24. The van der Waals surface area contributed by atoms with Gasteiger partial charge < -0.3 is 10.0 Å². The third kappa shape index (κ3) is 4.03. The van der Waals surface area contributed by atoms with E-state index >= 15 is 0 Å². The lowest BCUT2D eigenvalue weighted by molar-refractivity contribution is -0.0583. The van der Waals surface area contributed by atoms with Gasteiger partial charge in [-0.1, -0.05) is 12.1 Å². The predicted octanol–water partition coefficient (Wildman–Crippen LogP) is 2.31. The SMILES string of the molecule is CN(C)CCN=C(c1ccccc1O)C(F)(F)F. The maximum Gasteiger partial charge on any atom is 0.433 e. The summed E-state index contributed by atoms with van der Waals surface area (Å²) in [5.74, 6) is -0.418. The van der Waals surface area contributed by atoms with Gasteiger partial charge >= 0.3 is 6.18 Å². The number of hydrogen-bond acceptors (Lipinski definition) is 3. The van der Waals surface area contributed by atoms with Crippen LogP contribution in [0, 0.1) is 0 Å². The molecule has 0 aromatic heterocycles. The van der Waals surface area contributed by atoms with Crippen molar-refractivity contribution >= 4 is 5.71 Å². The standard InChI is InChI=1S/C12H15F3N2O/c1-17(2)8-7-16-11(12(13,14)15)9-5-3-4-6-10(9)18/h3-6,18H,7-8H2,1-2H3. The maximum absolute atomic E-state index is 12.9. The van der Waals surface area contributed by atoms with Crippen molar-refractivity contribution in [3.63, 3.8) is 0 Å². The van der Waals surface area contributed by atoms with E-state index in [1.807, 2.05) is 0 Å². The number of phenols is 1. The van der Waals surface area contributed by atoms with Crippen LogP contribution in [-0.2, 0) is 0 Å². The van der Waals surface area contributed by atoms with Crippen LogP contribution in [0.25, 0.3) is 0 Å². The second kappa shape index (κ2) is 5.86. The van der Waals surface area contributed by atoms with Gasteiger partial charge in [-0.15, -0.1) is 0 Å². The highest BCUT2D eigenvalue weighted by molar-refractivity contribution is 6.06. The Bertz CT molecular complexity index is 428. The third-order valence-electron chi connectivity index (χ3n) is 2.24. The summed E-state index contributed by atoms with van der Waals surface area (Å²) < 4.78 is 38.6. The van der Waals surface area contributed by atoms with Crippen molar-refractivity contribution in [3.8, 4) is 5.75 Å².